The molecule has 1 aromatic carbocycles. The number of hydrogen-bond acceptors (Lipinski definition) is 5. The van der Waals surface area contributed by atoms with Gasteiger partial charge in [-0.15, -0.1) is 0 Å². The van der Waals surface area contributed by atoms with Gasteiger partial charge in [0.25, 0.3) is 0 Å². The van der Waals surface area contributed by atoms with Crippen LogP contribution in [0.25, 0.3) is 16.7 Å². The number of pyridine rings is 1. The summed E-state index contributed by atoms with van der Waals surface area (Å²) in [7, 11) is 0. The molecule has 3 aromatic rings. The van der Waals surface area contributed by atoms with Crippen LogP contribution in [-0.2, 0) is 4.74 Å². The fourth-order valence-electron chi connectivity index (χ4n) is 4.00. The molecule has 0 radical (unpaired) electrons. The van der Waals surface area contributed by atoms with Gasteiger partial charge in [-0.05, 0) is 31.9 Å². The lowest BCUT2D eigenvalue weighted by Gasteiger charge is -2.52. The van der Waals surface area contributed by atoms with Gasteiger partial charge < -0.3 is 14.6 Å². The highest BCUT2D eigenvalue weighted by atomic mass is 16.5. The molecule has 1 saturated carbocycles. The summed E-state index contributed by atoms with van der Waals surface area (Å²) in [4.78, 5) is 16.0. The number of carboxylic acid groups (broad SMARTS) is 1. The Balaban J connectivity index is 1.59. The summed E-state index contributed by atoms with van der Waals surface area (Å²) in [6.45, 7) is 3.48. The maximum absolute atomic E-state index is 11.6. The van der Waals surface area contributed by atoms with Crippen molar-refractivity contribution in [3.05, 3.63) is 47.8 Å². The lowest BCUT2D eigenvalue weighted by molar-refractivity contribution is -0.191. The van der Waals surface area contributed by atoms with Crippen molar-refractivity contribution in [2.75, 3.05) is 13.2 Å². The Morgan fingerprint density at radius 3 is 2.67 bits per heavy atom. The Labute approximate surface area is 155 Å². The average molecular weight is 365 g/mol. The van der Waals surface area contributed by atoms with Crippen molar-refractivity contribution in [1.29, 1.82) is 0 Å². The Hall–Kier alpha value is -2.93. The molecule has 7 nitrogen and oxygen atoms in total. The summed E-state index contributed by atoms with van der Waals surface area (Å²) >= 11 is 0. The Morgan fingerprint density at radius 2 is 2.04 bits per heavy atom. The minimum atomic E-state index is -1.09. The number of fused-ring (bicyclic) bond motifs is 1. The van der Waals surface area contributed by atoms with E-state index >= 15 is 0 Å². The first kappa shape index (κ1) is 16.3. The number of carbonyl (C=O) groups is 1. The molecule has 2 aliphatic rings. The van der Waals surface area contributed by atoms with E-state index in [0.717, 1.165) is 42.8 Å². The molecule has 1 aliphatic carbocycles. The number of aromatic carboxylic acids is 1. The molecule has 3 heterocycles. The second-order valence-corrected chi connectivity index (χ2v) is 7.48. The van der Waals surface area contributed by atoms with Crippen LogP contribution in [0.4, 0.5) is 0 Å². The first-order valence-electron chi connectivity index (χ1n) is 8.98. The Kier molecular flexibility index (Phi) is 3.48. The molecule has 5 rings (SSSR count). The van der Waals surface area contributed by atoms with Gasteiger partial charge in [-0.2, -0.15) is 5.10 Å². The molecule has 1 spiro atoms. The molecule has 2 fully saturated rings. The zero-order chi connectivity index (χ0) is 18.6. The number of ether oxygens (including phenoxy) is 2. The zero-order valence-electron chi connectivity index (χ0n) is 14.9. The van der Waals surface area contributed by atoms with Gasteiger partial charge in [0.2, 0.25) is 0 Å². The van der Waals surface area contributed by atoms with Gasteiger partial charge in [0.1, 0.15) is 11.9 Å². The average Bonchev–Trinajstić information content (AvgIpc) is 2.93. The summed E-state index contributed by atoms with van der Waals surface area (Å²) in [6.07, 6.45) is 1.94. The van der Waals surface area contributed by atoms with Gasteiger partial charge in [-0.25, -0.2) is 14.5 Å². The monoisotopic (exact) mass is 365 g/mol. The van der Waals surface area contributed by atoms with E-state index < -0.39 is 5.97 Å². The van der Waals surface area contributed by atoms with E-state index in [1.165, 1.54) is 6.07 Å². The third-order valence-electron chi connectivity index (χ3n) is 5.43. The van der Waals surface area contributed by atoms with Crippen LogP contribution in [0.1, 0.15) is 29.0 Å². The molecule has 0 unspecified atom stereocenters. The van der Waals surface area contributed by atoms with Crippen molar-refractivity contribution in [2.24, 2.45) is 5.41 Å². The highest BCUT2D eigenvalue weighted by Crippen LogP contribution is 2.49. The summed E-state index contributed by atoms with van der Waals surface area (Å²) in [6, 6.07) is 11.1. The highest BCUT2D eigenvalue weighted by molar-refractivity contribution is 5.93. The molecule has 0 bridgehead atoms. The molecule has 7 heteroatoms. The summed E-state index contributed by atoms with van der Waals surface area (Å²) in [5.74, 6) is -0.546. The fourth-order valence-corrected chi connectivity index (χ4v) is 4.00. The smallest absolute Gasteiger partial charge is 0.354 e. The van der Waals surface area contributed by atoms with Gasteiger partial charge in [-0.3, -0.25) is 0 Å². The van der Waals surface area contributed by atoms with Crippen molar-refractivity contribution in [3.63, 3.8) is 0 Å². The maximum atomic E-state index is 11.6. The van der Waals surface area contributed by atoms with Crippen LogP contribution in [0, 0.1) is 12.3 Å². The fraction of sp³-hybridized carbons (Fsp3) is 0.350. The molecule has 1 N–H and O–H groups in total. The van der Waals surface area contributed by atoms with Crippen LogP contribution in [-0.4, -0.2) is 45.2 Å². The van der Waals surface area contributed by atoms with Crippen molar-refractivity contribution < 1.29 is 19.4 Å². The van der Waals surface area contributed by atoms with Gasteiger partial charge >= 0.3 is 5.97 Å². The normalized spacial score (nSPS) is 18.3. The minimum absolute atomic E-state index is 0.0457. The van der Waals surface area contributed by atoms with Crippen LogP contribution >= 0.6 is 0 Å². The van der Waals surface area contributed by atoms with Gasteiger partial charge in [0.15, 0.2) is 11.3 Å². The van der Waals surface area contributed by atoms with Crippen molar-refractivity contribution >= 4 is 17.0 Å². The first-order chi connectivity index (χ1) is 13.0. The van der Waals surface area contributed by atoms with Crippen LogP contribution in [0.5, 0.6) is 5.75 Å². The second-order valence-electron chi connectivity index (χ2n) is 7.48. The van der Waals surface area contributed by atoms with E-state index in [1.807, 2.05) is 37.3 Å². The van der Waals surface area contributed by atoms with E-state index in [2.05, 4.69) is 10.1 Å². The lowest BCUT2D eigenvalue weighted by Crippen LogP contribution is -2.56. The van der Waals surface area contributed by atoms with E-state index in [4.69, 9.17) is 9.47 Å². The lowest BCUT2D eigenvalue weighted by atomic mass is 9.65. The zero-order valence-corrected chi connectivity index (χ0v) is 14.9. The Morgan fingerprint density at radius 1 is 1.30 bits per heavy atom. The topological polar surface area (TPSA) is 86.5 Å². The molecule has 138 valence electrons. The van der Waals surface area contributed by atoms with Crippen LogP contribution in [0.15, 0.2) is 36.4 Å². The standard InChI is InChI=1S/C20H19N3O4/c1-12-17-16(27-14-8-20(9-14)10-26-11-20)7-15(19(24)25)21-18(17)23(22-12)13-5-3-2-4-6-13/h2-7,14H,8-11H2,1H3,(H,24,25). The largest absolute Gasteiger partial charge is 0.489 e. The van der Waals surface area contributed by atoms with Gasteiger partial charge in [0, 0.05) is 11.5 Å². The minimum Gasteiger partial charge on any atom is -0.489 e. The number of aromatic nitrogens is 3. The van der Waals surface area contributed by atoms with Gasteiger partial charge in [0.05, 0.1) is 30.0 Å². The number of hydrogen-bond donors (Lipinski definition) is 1. The molecular weight excluding hydrogens is 346 g/mol. The molecular formula is C20H19N3O4. The SMILES string of the molecule is Cc1nn(-c2ccccc2)c2nc(C(=O)O)cc(OC3CC4(COC4)C3)c12. The molecule has 1 aliphatic heterocycles. The number of rotatable bonds is 4. The summed E-state index contributed by atoms with van der Waals surface area (Å²) in [5, 5.41) is 14.9. The van der Waals surface area contributed by atoms with E-state index in [1.54, 1.807) is 4.68 Å². The number of benzene rings is 1. The predicted molar refractivity (Wildman–Crippen MR) is 97.5 cm³/mol. The maximum Gasteiger partial charge on any atom is 0.354 e. The van der Waals surface area contributed by atoms with Crippen molar-refractivity contribution in [2.45, 2.75) is 25.9 Å². The van der Waals surface area contributed by atoms with Crippen LogP contribution in [0.2, 0.25) is 0 Å². The predicted octanol–water partition coefficient (Wildman–Crippen LogP) is 2.98. The van der Waals surface area contributed by atoms with E-state index in [-0.39, 0.29) is 17.2 Å². The van der Waals surface area contributed by atoms with Crippen LogP contribution < -0.4 is 4.74 Å². The molecule has 2 aromatic heterocycles. The first-order valence-corrected chi connectivity index (χ1v) is 8.98. The number of nitrogens with zero attached hydrogens (tertiary/aromatic N) is 3. The molecule has 27 heavy (non-hydrogen) atoms. The molecule has 1 saturated heterocycles. The van der Waals surface area contributed by atoms with Crippen LogP contribution in [0.3, 0.4) is 0 Å². The highest BCUT2D eigenvalue weighted by Gasteiger charge is 2.51. The number of carboxylic acids is 1. The second kappa shape index (κ2) is 5.79. The molecule has 0 atom stereocenters. The Bertz CT molecular complexity index is 1030. The van der Waals surface area contributed by atoms with Crippen molar-refractivity contribution in [1.82, 2.24) is 14.8 Å². The third-order valence-corrected chi connectivity index (χ3v) is 5.43. The third kappa shape index (κ3) is 2.57. The number of aryl methyl sites for hydroxylation is 1. The summed E-state index contributed by atoms with van der Waals surface area (Å²) < 4.78 is 13.2. The van der Waals surface area contributed by atoms with E-state index in [0.29, 0.717) is 11.4 Å². The van der Waals surface area contributed by atoms with Crippen molar-refractivity contribution in [3.8, 4) is 11.4 Å². The van der Waals surface area contributed by atoms with E-state index in [9.17, 15) is 9.90 Å². The number of para-hydroxylation sites is 1. The molecule has 0 amide bonds. The quantitative estimate of drug-likeness (QED) is 0.765. The van der Waals surface area contributed by atoms with Gasteiger partial charge in [-0.1, -0.05) is 18.2 Å². The summed E-state index contributed by atoms with van der Waals surface area (Å²) in [5.41, 5.74) is 2.31.